The molecule has 96 valence electrons. The number of pyridine rings is 1. The second kappa shape index (κ2) is 4.28. The van der Waals surface area contributed by atoms with Crippen molar-refractivity contribution < 1.29 is 14.6 Å². The van der Waals surface area contributed by atoms with Crippen LogP contribution in [0.25, 0.3) is 16.6 Å². The summed E-state index contributed by atoms with van der Waals surface area (Å²) in [4.78, 5) is 15.1. The average molecular weight is 256 g/mol. The molecule has 2 heterocycles. The van der Waals surface area contributed by atoms with Crippen LogP contribution >= 0.6 is 0 Å². The third-order valence-corrected chi connectivity index (χ3v) is 2.94. The van der Waals surface area contributed by atoms with Gasteiger partial charge in [0.2, 0.25) is 0 Å². The molecular formula is C14H12N2O3. The van der Waals surface area contributed by atoms with Gasteiger partial charge >= 0.3 is 5.97 Å². The van der Waals surface area contributed by atoms with Crippen molar-refractivity contribution in [2.45, 2.75) is 6.92 Å². The average Bonchev–Trinajstić information content (AvgIpc) is 2.83. The summed E-state index contributed by atoms with van der Waals surface area (Å²) < 4.78 is 7.36. The molecule has 0 spiro atoms. The Morgan fingerprint density at radius 3 is 2.95 bits per heavy atom. The van der Waals surface area contributed by atoms with Crippen molar-refractivity contribution in [3.63, 3.8) is 0 Å². The van der Waals surface area contributed by atoms with Gasteiger partial charge < -0.3 is 9.84 Å². The monoisotopic (exact) mass is 256 g/mol. The molecule has 1 aromatic carbocycles. The van der Waals surface area contributed by atoms with E-state index < -0.39 is 5.97 Å². The smallest absolute Gasteiger partial charge is 0.356 e. The van der Waals surface area contributed by atoms with E-state index in [1.807, 2.05) is 31.2 Å². The molecule has 0 aliphatic rings. The van der Waals surface area contributed by atoms with Crippen LogP contribution in [0, 0.1) is 0 Å². The third-order valence-electron chi connectivity index (χ3n) is 2.94. The maximum Gasteiger partial charge on any atom is 0.356 e. The fraction of sp³-hybridized carbons (Fsp3) is 0.143. The molecule has 0 aliphatic heterocycles. The van der Waals surface area contributed by atoms with E-state index in [-0.39, 0.29) is 5.69 Å². The van der Waals surface area contributed by atoms with E-state index >= 15 is 0 Å². The van der Waals surface area contributed by atoms with Crippen molar-refractivity contribution in [2.75, 3.05) is 6.61 Å². The van der Waals surface area contributed by atoms with Gasteiger partial charge in [-0.3, -0.25) is 4.40 Å². The van der Waals surface area contributed by atoms with E-state index in [9.17, 15) is 4.79 Å². The molecule has 0 unspecified atom stereocenters. The number of benzene rings is 1. The van der Waals surface area contributed by atoms with Crippen LogP contribution in [0.2, 0.25) is 0 Å². The summed E-state index contributed by atoms with van der Waals surface area (Å²) in [6.07, 6.45) is 1.52. The maximum absolute atomic E-state index is 11.0. The van der Waals surface area contributed by atoms with Crippen LogP contribution in [-0.4, -0.2) is 27.1 Å². The molecule has 0 radical (unpaired) electrons. The first-order valence-electron chi connectivity index (χ1n) is 5.97. The zero-order valence-corrected chi connectivity index (χ0v) is 10.3. The number of nitrogens with zero attached hydrogens (tertiary/aromatic N) is 2. The summed E-state index contributed by atoms with van der Waals surface area (Å²) in [6, 6.07) is 9.44. The molecule has 0 bridgehead atoms. The minimum atomic E-state index is -1.04. The van der Waals surface area contributed by atoms with E-state index in [1.165, 1.54) is 6.20 Å². The van der Waals surface area contributed by atoms with Crippen LogP contribution in [-0.2, 0) is 0 Å². The van der Waals surface area contributed by atoms with E-state index in [1.54, 1.807) is 10.5 Å². The summed E-state index contributed by atoms with van der Waals surface area (Å²) in [6.45, 7) is 2.46. The van der Waals surface area contributed by atoms with Gasteiger partial charge in [0.1, 0.15) is 11.4 Å². The Bertz CT molecular complexity index is 777. The topological polar surface area (TPSA) is 63.8 Å². The Morgan fingerprint density at radius 2 is 2.21 bits per heavy atom. The van der Waals surface area contributed by atoms with Crippen LogP contribution in [0.1, 0.15) is 17.4 Å². The van der Waals surface area contributed by atoms with Crippen molar-refractivity contribution in [3.8, 4) is 5.75 Å². The van der Waals surface area contributed by atoms with E-state index in [2.05, 4.69) is 4.98 Å². The molecule has 5 nitrogen and oxygen atoms in total. The Kier molecular flexibility index (Phi) is 2.59. The lowest BCUT2D eigenvalue weighted by Crippen LogP contribution is -1.95. The predicted octanol–water partition coefficient (Wildman–Crippen LogP) is 2.58. The molecule has 3 rings (SSSR count). The number of fused-ring (bicyclic) bond motifs is 3. The second-order valence-electron chi connectivity index (χ2n) is 4.12. The molecule has 0 fully saturated rings. The quantitative estimate of drug-likeness (QED) is 0.782. The van der Waals surface area contributed by atoms with Gasteiger partial charge in [-0.2, -0.15) is 0 Å². The first kappa shape index (κ1) is 11.5. The molecule has 19 heavy (non-hydrogen) atoms. The van der Waals surface area contributed by atoms with Crippen LogP contribution in [0.15, 0.2) is 36.5 Å². The van der Waals surface area contributed by atoms with Crippen molar-refractivity contribution >= 4 is 22.5 Å². The van der Waals surface area contributed by atoms with Gasteiger partial charge in [-0.05, 0) is 19.1 Å². The van der Waals surface area contributed by atoms with Gasteiger partial charge in [-0.15, -0.1) is 0 Å². The number of aromatic nitrogens is 2. The number of imidazole rings is 1. The Labute approximate surface area is 109 Å². The van der Waals surface area contributed by atoms with Crippen molar-refractivity contribution in [3.05, 3.63) is 42.2 Å². The van der Waals surface area contributed by atoms with Gasteiger partial charge in [0.05, 0.1) is 12.1 Å². The molecule has 0 aliphatic carbocycles. The summed E-state index contributed by atoms with van der Waals surface area (Å²) in [7, 11) is 0. The summed E-state index contributed by atoms with van der Waals surface area (Å²) in [5.74, 6) is -0.320. The molecule has 5 heteroatoms. The van der Waals surface area contributed by atoms with Gasteiger partial charge in [0.15, 0.2) is 5.69 Å². The van der Waals surface area contributed by atoms with E-state index in [0.29, 0.717) is 18.0 Å². The SMILES string of the molecule is CCOc1cc2nc(C(=O)O)cn2c2ccccc12. The zero-order valence-electron chi connectivity index (χ0n) is 10.3. The lowest BCUT2D eigenvalue weighted by Gasteiger charge is -2.09. The van der Waals surface area contributed by atoms with Crippen LogP contribution in [0.4, 0.5) is 0 Å². The summed E-state index contributed by atoms with van der Waals surface area (Å²) in [5, 5.41) is 9.96. The standard InChI is InChI=1S/C14H12N2O3/c1-2-19-12-7-13-15-10(14(17)18)8-16(13)11-6-4-3-5-9(11)12/h3-8H,2H2,1H3,(H,17,18). The first-order chi connectivity index (χ1) is 9.20. The molecule has 0 amide bonds. The molecule has 0 saturated carbocycles. The van der Waals surface area contributed by atoms with Crippen LogP contribution < -0.4 is 4.74 Å². The molecule has 1 N–H and O–H groups in total. The highest BCUT2D eigenvalue weighted by Crippen LogP contribution is 2.28. The number of carbonyl (C=O) groups is 1. The minimum Gasteiger partial charge on any atom is -0.493 e. The minimum absolute atomic E-state index is 0.0267. The first-order valence-corrected chi connectivity index (χ1v) is 5.97. The lowest BCUT2D eigenvalue weighted by molar-refractivity contribution is 0.0691. The highest BCUT2D eigenvalue weighted by Gasteiger charge is 2.13. The highest BCUT2D eigenvalue weighted by atomic mass is 16.5. The van der Waals surface area contributed by atoms with Gasteiger partial charge in [0.25, 0.3) is 0 Å². The van der Waals surface area contributed by atoms with E-state index in [4.69, 9.17) is 9.84 Å². The Hall–Kier alpha value is -2.56. The van der Waals surface area contributed by atoms with Crippen molar-refractivity contribution in [1.29, 1.82) is 0 Å². The van der Waals surface area contributed by atoms with E-state index in [0.717, 1.165) is 10.9 Å². The molecule has 0 saturated heterocycles. The number of carboxylic acids is 1. The van der Waals surface area contributed by atoms with Gasteiger partial charge in [0, 0.05) is 17.6 Å². The summed E-state index contributed by atoms with van der Waals surface area (Å²) in [5.41, 5.74) is 1.47. The number of carboxylic acid groups (broad SMARTS) is 1. The Morgan fingerprint density at radius 1 is 1.42 bits per heavy atom. The Balaban J connectivity index is 2.39. The molecule has 2 aromatic heterocycles. The van der Waals surface area contributed by atoms with Crippen molar-refractivity contribution in [1.82, 2.24) is 9.38 Å². The largest absolute Gasteiger partial charge is 0.493 e. The van der Waals surface area contributed by atoms with Crippen LogP contribution in [0.3, 0.4) is 0 Å². The fourth-order valence-corrected chi connectivity index (χ4v) is 2.15. The van der Waals surface area contributed by atoms with Gasteiger partial charge in [-0.1, -0.05) is 12.1 Å². The fourth-order valence-electron chi connectivity index (χ4n) is 2.15. The van der Waals surface area contributed by atoms with Gasteiger partial charge in [-0.25, -0.2) is 9.78 Å². The molecular weight excluding hydrogens is 244 g/mol. The lowest BCUT2D eigenvalue weighted by atomic mass is 10.2. The number of hydrogen-bond acceptors (Lipinski definition) is 3. The van der Waals surface area contributed by atoms with Crippen LogP contribution in [0.5, 0.6) is 5.75 Å². The summed E-state index contributed by atoms with van der Waals surface area (Å²) >= 11 is 0. The number of rotatable bonds is 3. The normalized spacial score (nSPS) is 11.0. The molecule has 0 atom stereocenters. The second-order valence-corrected chi connectivity index (χ2v) is 4.12. The highest BCUT2D eigenvalue weighted by molar-refractivity contribution is 5.91. The number of aromatic carboxylic acids is 1. The molecule has 3 aromatic rings. The number of hydrogen-bond donors (Lipinski definition) is 1. The third kappa shape index (κ3) is 1.79. The zero-order chi connectivity index (χ0) is 13.4. The predicted molar refractivity (Wildman–Crippen MR) is 70.8 cm³/mol. The number of para-hydroxylation sites is 1. The number of ether oxygens (including phenoxy) is 1. The maximum atomic E-state index is 11.0. The van der Waals surface area contributed by atoms with Crippen molar-refractivity contribution in [2.24, 2.45) is 0 Å².